The number of amides is 1. The van der Waals surface area contributed by atoms with Crippen LogP contribution in [0.15, 0.2) is 41.3 Å². The SMILES string of the molecule is COc1ccc(OC)c(CNC(=O)c2ccc(F)c(S(=O)(=O)N3CCCCC3)c2)c1. The van der Waals surface area contributed by atoms with Crippen molar-refractivity contribution >= 4 is 15.9 Å². The minimum atomic E-state index is -3.99. The van der Waals surface area contributed by atoms with E-state index in [9.17, 15) is 17.6 Å². The summed E-state index contributed by atoms with van der Waals surface area (Å²) in [5.74, 6) is -0.207. The highest BCUT2D eigenvalue weighted by atomic mass is 32.2. The zero-order valence-corrected chi connectivity index (χ0v) is 17.8. The van der Waals surface area contributed by atoms with Gasteiger partial charge in [-0.3, -0.25) is 4.79 Å². The number of rotatable bonds is 7. The fourth-order valence-corrected chi connectivity index (χ4v) is 4.99. The van der Waals surface area contributed by atoms with Gasteiger partial charge in [0.2, 0.25) is 10.0 Å². The molecule has 2 aromatic rings. The smallest absolute Gasteiger partial charge is 0.251 e. The predicted molar refractivity (Wildman–Crippen MR) is 110 cm³/mol. The second-order valence-electron chi connectivity index (χ2n) is 6.97. The average molecular weight is 437 g/mol. The van der Waals surface area contributed by atoms with Crippen molar-refractivity contribution in [3.05, 3.63) is 53.3 Å². The van der Waals surface area contributed by atoms with Crippen LogP contribution in [-0.2, 0) is 16.6 Å². The Morgan fingerprint density at radius 3 is 2.47 bits per heavy atom. The molecule has 9 heteroatoms. The van der Waals surface area contributed by atoms with Gasteiger partial charge in [0.25, 0.3) is 5.91 Å². The Morgan fingerprint density at radius 1 is 1.07 bits per heavy atom. The number of sulfonamides is 1. The Hall–Kier alpha value is -2.65. The summed E-state index contributed by atoms with van der Waals surface area (Å²) in [4.78, 5) is 12.1. The number of methoxy groups -OCH3 is 2. The molecule has 0 radical (unpaired) electrons. The molecule has 162 valence electrons. The van der Waals surface area contributed by atoms with Gasteiger partial charge >= 0.3 is 0 Å². The van der Waals surface area contributed by atoms with E-state index in [0.717, 1.165) is 31.4 Å². The zero-order chi connectivity index (χ0) is 21.7. The number of piperidine rings is 1. The Kier molecular flexibility index (Phi) is 6.94. The third-order valence-corrected chi connectivity index (χ3v) is 6.97. The van der Waals surface area contributed by atoms with Crippen molar-refractivity contribution < 1.29 is 27.1 Å². The van der Waals surface area contributed by atoms with E-state index in [4.69, 9.17) is 9.47 Å². The number of nitrogens with one attached hydrogen (secondary N) is 1. The molecule has 1 N–H and O–H groups in total. The topological polar surface area (TPSA) is 84.9 Å². The standard InChI is InChI=1S/C21H25FN2O5S/c1-28-17-7-9-19(29-2)16(12-17)14-23-21(25)15-6-8-18(22)20(13-15)30(26,27)24-10-4-3-5-11-24/h6-9,12-13H,3-5,10-11,14H2,1-2H3,(H,23,25). The van der Waals surface area contributed by atoms with Crippen LogP contribution < -0.4 is 14.8 Å². The Bertz CT molecular complexity index is 1020. The summed E-state index contributed by atoms with van der Waals surface area (Å²) in [5, 5.41) is 2.71. The minimum Gasteiger partial charge on any atom is -0.497 e. The highest BCUT2D eigenvalue weighted by Crippen LogP contribution is 2.25. The number of carbonyl (C=O) groups excluding carboxylic acids is 1. The molecule has 1 heterocycles. The Balaban J connectivity index is 1.80. The van der Waals surface area contributed by atoms with Crippen molar-refractivity contribution in [3.63, 3.8) is 0 Å². The molecule has 0 unspecified atom stereocenters. The first-order chi connectivity index (χ1) is 14.4. The number of carbonyl (C=O) groups is 1. The zero-order valence-electron chi connectivity index (χ0n) is 17.0. The van der Waals surface area contributed by atoms with Gasteiger partial charge < -0.3 is 14.8 Å². The second-order valence-corrected chi connectivity index (χ2v) is 8.88. The molecule has 0 bridgehead atoms. The van der Waals surface area contributed by atoms with Crippen molar-refractivity contribution in [2.75, 3.05) is 27.3 Å². The van der Waals surface area contributed by atoms with E-state index in [1.165, 1.54) is 24.6 Å². The summed E-state index contributed by atoms with van der Waals surface area (Å²) in [6, 6.07) is 8.57. The van der Waals surface area contributed by atoms with Crippen LogP contribution in [0.2, 0.25) is 0 Å². The van der Waals surface area contributed by atoms with Crippen LogP contribution in [0.3, 0.4) is 0 Å². The number of benzene rings is 2. The first kappa shape index (κ1) is 22.0. The summed E-state index contributed by atoms with van der Waals surface area (Å²) in [6.45, 7) is 0.840. The molecular formula is C21H25FN2O5S. The lowest BCUT2D eigenvalue weighted by Crippen LogP contribution is -2.36. The molecule has 0 atom stereocenters. The highest BCUT2D eigenvalue weighted by Gasteiger charge is 2.29. The predicted octanol–water partition coefficient (Wildman–Crippen LogP) is 2.95. The maximum absolute atomic E-state index is 14.3. The summed E-state index contributed by atoms with van der Waals surface area (Å²) in [7, 11) is -0.940. The van der Waals surface area contributed by atoms with Crippen LogP contribution in [0.25, 0.3) is 0 Å². The molecule has 1 amide bonds. The third-order valence-electron chi connectivity index (χ3n) is 5.05. The molecular weight excluding hydrogens is 411 g/mol. The maximum atomic E-state index is 14.3. The van der Waals surface area contributed by atoms with Crippen LogP contribution in [0.4, 0.5) is 4.39 Å². The van der Waals surface area contributed by atoms with Gasteiger partial charge in [0.15, 0.2) is 0 Å². The van der Waals surface area contributed by atoms with Crippen molar-refractivity contribution in [2.24, 2.45) is 0 Å². The first-order valence-electron chi connectivity index (χ1n) is 9.65. The molecule has 3 rings (SSSR count). The third kappa shape index (κ3) is 4.73. The van der Waals surface area contributed by atoms with E-state index in [-0.39, 0.29) is 12.1 Å². The molecule has 0 spiro atoms. The van der Waals surface area contributed by atoms with E-state index in [0.29, 0.717) is 30.2 Å². The summed E-state index contributed by atoms with van der Waals surface area (Å²) >= 11 is 0. The molecule has 1 saturated heterocycles. The van der Waals surface area contributed by atoms with Crippen LogP contribution in [-0.4, -0.2) is 45.9 Å². The number of halogens is 1. The van der Waals surface area contributed by atoms with Gasteiger partial charge in [-0.2, -0.15) is 4.31 Å². The Labute approximate surface area is 175 Å². The van der Waals surface area contributed by atoms with Crippen LogP contribution >= 0.6 is 0 Å². The van der Waals surface area contributed by atoms with Gasteiger partial charge in [0.1, 0.15) is 22.2 Å². The summed E-state index contributed by atoms with van der Waals surface area (Å²) in [6.07, 6.45) is 2.43. The maximum Gasteiger partial charge on any atom is 0.251 e. The van der Waals surface area contributed by atoms with Crippen LogP contribution in [0, 0.1) is 5.82 Å². The van der Waals surface area contributed by atoms with E-state index in [1.807, 2.05) is 0 Å². The van der Waals surface area contributed by atoms with Gasteiger partial charge in [-0.1, -0.05) is 6.42 Å². The van der Waals surface area contributed by atoms with Gasteiger partial charge in [-0.15, -0.1) is 0 Å². The number of ether oxygens (including phenoxy) is 2. The van der Waals surface area contributed by atoms with E-state index < -0.39 is 26.6 Å². The van der Waals surface area contributed by atoms with Crippen molar-refractivity contribution in [3.8, 4) is 11.5 Å². The van der Waals surface area contributed by atoms with Crippen LogP contribution in [0.5, 0.6) is 11.5 Å². The van der Waals surface area contributed by atoms with Crippen molar-refractivity contribution in [1.82, 2.24) is 9.62 Å². The first-order valence-corrected chi connectivity index (χ1v) is 11.1. The summed E-state index contributed by atoms with van der Waals surface area (Å²) < 4.78 is 51.8. The number of hydrogen-bond donors (Lipinski definition) is 1. The summed E-state index contributed by atoms with van der Waals surface area (Å²) in [5.41, 5.74) is 0.752. The van der Waals surface area contributed by atoms with E-state index in [2.05, 4.69) is 5.32 Å². The van der Waals surface area contributed by atoms with E-state index >= 15 is 0 Å². The molecule has 1 aliphatic rings. The van der Waals surface area contributed by atoms with Crippen molar-refractivity contribution in [2.45, 2.75) is 30.7 Å². The highest BCUT2D eigenvalue weighted by molar-refractivity contribution is 7.89. The molecule has 30 heavy (non-hydrogen) atoms. The van der Waals surface area contributed by atoms with Gasteiger partial charge in [0.05, 0.1) is 14.2 Å². The molecule has 1 fully saturated rings. The molecule has 7 nitrogen and oxygen atoms in total. The lowest BCUT2D eigenvalue weighted by molar-refractivity contribution is 0.0950. The molecule has 0 aromatic heterocycles. The lowest BCUT2D eigenvalue weighted by Gasteiger charge is -2.26. The van der Waals surface area contributed by atoms with Gasteiger partial charge in [-0.05, 0) is 49.2 Å². The minimum absolute atomic E-state index is 0.0637. The largest absolute Gasteiger partial charge is 0.497 e. The fourth-order valence-electron chi connectivity index (χ4n) is 3.38. The second kappa shape index (κ2) is 9.44. The van der Waals surface area contributed by atoms with Gasteiger partial charge in [0, 0.05) is 30.8 Å². The van der Waals surface area contributed by atoms with Crippen LogP contribution in [0.1, 0.15) is 35.2 Å². The number of hydrogen-bond acceptors (Lipinski definition) is 5. The fraction of sp³-hybridized carbons (Fsp3) is 0.381. The normalized spacial score (nSPS) is 14.9. The average Bonchev–Trinajstić information content (AvgIpc) is 2.77. The molecule has 2 aromatic carbocycles. The Morgan fingerprint density at radius 2 is 1.80 bits per heavy atom. The molecule has 0 aliphatic carbocycles. The monoisotopic (exact) mass is 436 g/mol. The van der Waals surface area contributed by atoms with Crippen molar-refractivity contribution in [1.29, 1.82) is 0 Å². The van der Waals surface area contributed by atoms with Gasteiger partial charge in [-0.25, -0.2) is 12.8 Å². The lowest BCUT2D eigenvalue weighted by atomic mass is 10.1. The molecule has 0 saturated carbocycles. The molecule has 1 aliphatic heterocycles. The number of nitrogens with zero attached hydrogens (tertiary/aromatic N) is 1. The quantitative estimate of drug-likeness (QED) is 0.721. The van der Waals surface area contributed by atoms with E-state index in [1.54, 1.807) is 18.2 Å².